The second-order valence-electron chi connectivity index (χ2n) is 4.87. The van der Waals surface area contributed by atoms with Gasteiger partial charge in [-0.1, -0.05) is 12.1 Å². The van der Waals surface area contributed by atoms with Crippen molar-refractivity contribution >= 4 is 11.8 Å². The minimum Gasteiger partial charge on any atom is -0.493 e. The van der Waals surface area contributed by atoms with Crippen molar-refractivity contribution in [2.75, 3.05) is 13.7 Å². The van der Waals surface area contributed by atoms with Gasteiger partial charge in [0, 0.05) is 12.0 Å². The molecule has 0 unspecified atom stereocenters. The van der Waals surface area contributed by atoms with Crippen LogP contribution < -0.4 is 4.74 Å². The lowest BCUT2D eigenvalue weighted by molar-refractivity contribution is 0.0600. The minimum absolute atomic E-state index is 0.0391. The summed E-state index contributed by atoms with van der Waals surface area (Å²) < 4.78 is 10.3. The Morgan fingerprint density at radius 1 is 0.909 bits per heavy atom. The van der Waals surface area contributed by atoms with Crippen molar-refractivity contribution in [2.24, 2.45) is 0 Å². The monoisotopic (exact) mass is 298 g/mol. The van der Waals surface area contributed by atoms with Gasteiger partial charge in [-0.3, -0.25) is 4.79 Å². The molecule has 0 bridgehead atoms. The Kier molecular flexibility index (Phi) is 5.31. The van der Waals surface area contributed by atoms with Crippen LogP contribution in [0.2, 0.25) is 0 Å². The molecule has 0 radical (unpaired) electrons. The quantitative estimate of drug-likeness (QED) is 0.606. The number of esters is 1. The molecule has 0 spiro atoms. The van der Waals surface area contributed by atoms with E-state index in [0.29, 0.717) is 17.7 Å². The maximum absolute atomic E-state index is 11.3. The minimum atomic E-state index is -0.339. The molecular weight excluding hydrogens is 280 g/mol. The Bertz CT molecular complexity index is 642. The predicted molar refractivity (Wildman–Crippen MR) is 83.4 cm³/mol. The Labute approximate surface area is 129 Å². The zero-order valence-electron chi connectivity index (χ0n) is 12.7. The van der Waals surface area contributed by atoms with Gasteiger partial charge in [0.15, 0.2) is 5.78 Å². The van der Waals surface area contributed by atoms with Crippen LogP contribution in [0.25, 0.3) is 0 Å². The highest BCUT2D eigenvalue weighted by Crippen LogP contribution is 2.13. The first-order valence-corrected chi connectivity index (χ1v) is 7.01. The molecule has 0 aliphatic carbocycles. The molecule has 0 saturated carbocycles. The molecular formula is C18H18O4. The van der Waals surface area contributed by atoms with Crippen LogP contribution in [-0.2, 0) is 11.2 Å². The Morgan fingerprint density at radius 2 is 1.50 bits per heavy atom. The van der Waals surface area contributed by atoms with Gasteiger partial charge in [0.05, 0.1) is 19.3 Å². The van der Waals surface area contributed by atoms with Crippen molar-refractivity contribution in [3.05, 3.63) is 65.2 Å². The Hall–Kier alpha value is -2.62. The highest BCUT2D eigenvalue weighted by molar-refractivity contribution is 5.94. The van der Waals surface area contributed by atoms with Gasteiger partial charge in [0.1, 0.15) is 5.75 Å². The lowest BCUT2D eigenvalue weighted by Crippen LogP contribution is -2.03. The normalized spacial score (nSPS) is 10.1. The van der Waals surface area contributed by atoms with E-state index in [0.717, 1.165) is 17.7 Å². The third-order valence-corrected chi connectivity index (χ3v) is 3.30. The molecule has 0 amide bonds. The number of hydrogen-bond acceptors (Lipinski definition) is 4. The largest absolute Gasteiger partial charge is 0.493 e. The molecule has 0 saturated heterocycles. The summed E-state index contributed by atoms with van der Waals surface area (Å²) >= 11 is 0. The van der Waals surface area contributed by atoms with E-state index in [9.17, 15) is 9.59 Å². The zero-order chi connectivity index (χ0) is 15.9. The molecule has 0 aliphatic heterocycles. The third kappa shape index (κ3) is 4.19. The van der Waals surface area contributed by atoms with Crippen molar-refractivity contribution in [3.8, 4) is 5.75 Å². The van der Waals surface area contributed by atoms with Gasteiger partial charge in [0.2, 0.25) is 0 Å². The molecule has 4 heteroatoms. The fourth-order valence-corrected chi connectivity index (χ4v) is 2.00. The number of hydrogen-bond donors (Lipinski definition) is 0. The summed E-state index contributed by atoms with van der Waals surface area (Å²) in [5, 5.41) is 0. The maximum atomic E-state index is 11.3. The first-order chi connectivity index (χ1) is 10.6. The highest BCUT2D eigenvalue weighted by Gasteiger charge is 2.04. The topological polar surface area (TPSA) is 52.6 Å². The summed E-state index contributed by atoms with van der Waals surface area (Å²) in [6, 6.07) is 14.3. The lowest BCUT2D eigenvalue weighted by atomic mass is 10.1. The number of benzene rings is 2. The lowest BCUT2D eigenvalue weighted by Gasteiger charge is -2.07. The summed E-state index contributed by atoms with van der Waals surface area (Å²) in [5.74, 6) is 0.432. The third-order valence-electron chi connectivity index (χ3n) is 3.30. The molecule has 2 rings (SSSR count). The van der Waals surface area contributed by atoms with Crippen molar-refractivity contribution < 1.29 is 19.1 Å². The summed E-state index contributed by atoms with van der Waals surface area (Å²) in [6.45, 7) is 2.06. The van der Waals surface area contributed by atoms with Crippen molar-refractivity contribution in [1.29, 1.82) is 0 Å². The van der Waals surface area contributed by atoms with Crippen LogP contribution in [-0.4, -0.2) is 25.5 Å². The Balaban J connectivity index is 1.85. The molecule has 2 aromatic carbocycles. The van der Waals surface area contributed by atoms with Gasteiger partial charge in [-0.15, -0.1) is 0 Å². The van der Waals surface area contributed by atoms with Crippen molar-refractivity contribution in [3.63, 3.8) is 0 Å². The van der Waals surface area contributed by atoms with Crippen LogP contribution in [0.5, 0.6) is 5.75 Å². The number of carbonyl (C=O) groups is 2. The second kappa shape index (κ2) is 7.41. The van der Waals surface area contributed by atoms with Crippen LogP contribution in [0.1, 0.15) is 33.2 Å². The summed E-state index contributed by atoms with van der Waals surface area (Å²) in [4.78, 5) is 22.5. The van der Waals surface area contributed by atoms with Crippen molar-refractivity contribution in [1.82, 2.24) is 0 Å². The van der Waals surface area contributed by atoms with E-state index in [1.165, 1.54) is 14.0 Å². The van der Waals surface area contributed by atoms with Gasteiger partial charge >= 0.3 is 5.97 Å². The molecule has 114 valence electrons. The first-order valence-electron chi connectivity index (χ1n) is 7.01. The van der Waals surface area contributed by atoms with E-state index >= 15 is 0 Å². The SMILES string of the molecule is COC(=O)c1ccc(CCOc2ccc(C(C)=O)cc2)cc1. The van der Waals surface area contributed by atoms with Gasteiger partial charge in [-0.2, -0.15) is 0 Å². The van der Waals surface area contributed by atoms with Gasteiger partial charge in [-0.05, 0) is 48.9 Å². The smallest absolute Gasteiger partial charge is 0.337 e. The molecule has 4 nitrogen and oxygen atoms in total. The number of rotatable bonds is 6. The van der Waals surface area contributed by atoms with Gasteiger partial charge in [-0.25, -0.2) is 4.79 Å². The standard InChI is InChI=1S/C18H18O4/c1-13(19)15-7-9-17(10-8-15)22-12-11-14-3-5-16(6-4-14)18(20)21-2/h3-10H,11-12H2,1-2H3. The van der Waals surface area contributed by atoms with E-state index in [1.807, 2.05) is 12.1 Å². The predicted octanol–water partition coefficient (Wildman–Crippen LogP) is 3.30. The molecule has 2 aromatic rings. The summed E-state index contributed by atoms with van der Waals surface area (Å²) in [5.41, 5.74) is 2.28. The number of ketones is 1. The summed E-state index contributed by atoms with van der Waals surface area (Å²) in [7, 11) is 1.36. The maximum Gasteiger partial charge on any atom is 0.337 e. The molecule has 0 aromatic heterocycles. The molecule has 0 atom stereocenters. The fraction of sp³-hybridized carbons (Fsp3) is 0.222. The van der Waals surface area contributed by atoms with E-state index in [1.54, 1.807) is 36.4 Å². The van der Waals surface area contributed by atoms with Crippen LogP contribution >= 0.6 is 0 Å². The zero-order valence-corrected chi connectivity index (χ0v) is 12.7. The van der Waals surface area contributed by atoms with Crippen LogP contribution in [0.3, 0.4) is 0 Å². The van der Waals surface area contributed by atoms with Crippen molar-refractivity contribution in [2.45, 2.75) is 13.3 Å². The molecule has 0 fully saturated rings. The van der Waals surface area contributed by atoms with Gasteiger partial charge < -0.3 is 9.47 Å². The molecule has 0 heterocycles. The average Bonchev–Trinajstić information content (AvgIpc) is 2.55. The van der Waals surface area contributed by atoms with Crippen LogP contribution in [0.15, 0.2) is 48.5 Å². The van der Waals surface area contributed by atoms with E-state index in [4.69, 9.17) is 4.74 Å². The average molecular weight is 298 g/mol. The van der Waals surface area contributed by atoms with Crippen LogP contribution in [0, 0.1) is 0 Å². The van der Waals surface area contributed by atoms with E-state index in [-0.39, 0.29) is 11.8 Å². The fourth-order valence-electron chi connectivity index (χ4n) is 2.00. The molecule has 22 heavy (non-hydrogen) atoms. The highest BCUT2D eigenvalue weighted by atomic mass is 16.5. The summed E-state index contributed by atoms with van der Waals surface area (Å²) in [6.07, 6.45) is 0.732. The first kappa shape index (κ1) is 15.8. The second-order valence-corrected chi connectivity index (χ2v) is 4.87. The van der Waals surface area contributed by atoms with Crippen LogP contribution in [0.4, 0.5) is 0 Å². The number of methoxy groups -OCH3 is 1. The number of ether oxygens (including phenoxy) is 2. The molecule has 0 N–H and O–H groups in total. The van der Waals surface area contributed by atoms with E-state index < -0.39 is 0 Å². The van der Waals surface area contributed by atoms with E-state index in [2.05, 4.69) is 4.74 Å². The van der Waals surface area contributed by atoms with Gasteiger partial charge in [0.25, 0.3) is 0 Å². The number of carbonyl (C=O) groups excluding carboxylic acids is 2. The number of Topliss-reactive ketones (excluding diaryl/α,β-unsaturated/α-hetero) is 1. The molecule has 0 aliphatic rings. The Morgan fingerprint density at radius 3 is 2.05 bits per heavy atom.